The minimum atomic E-state index is 0.0595. The second-order valence-electron chi connectivity index (χ2n) is 7.93. The van der Waals surface area contributed by atoms with Gasteiger partial charge in [0.1, 0.15) is 0 Å². The summed E-state index contributed by atoms with van der Waals surface area (Å²) in [6.45, 7) is 9.88. The standard InChI is InChI=1S/C19H24BrN3O.C5H13N/c1-3-15(4-2)22-19(24)23-9-7-13(8-10-23)16-5-6-18-17(16)11-14(20)12-21-18;1-3-5(6)4-2/h5,7,11-12,15H,3-4,6,8-10H2,1-2H3,(H,22,24);5H,3-4,6H2,1-2H3. The number of carbonyl (C=O) groups is 1. The van der Waals surface area contributed by atoms with Gasteiger partial charge in [-0.25, -0.2) is 4.79 Å². The molecular formula is C24H37BrN4O. The van der Waals surface area contributed by atoms with Crippen LogP contribution in [0.4, 0.5) is 4.79 Å². The Bertz CT molecular complexity index is 766. The zero-order valence-corrected chi connectivity index (χ0v) is 20.5. The molecule has 166 valence electrons. The fourth-order valence-electron chi connectivity index (χ4n) is 3.62. The minimum absolute atomic E-state index is 0.0595. The lowest BCUT2D eigenvalue weighted by molar-refractivity contribution is 0.197. The van der Waals surface area contributed by atoms with E-state index in [0.717, 1.165) is 55.2 Å². The number of fused-ring (bicyclic) bond motifs is 1. The number of nitrogens with one attached hydrogen (secondary N) is 1. The van der Waals surface area contributed by atoms with Gasteiger partial charge in [-0.2, -0.15) is 0 Å². The van der Waals surface area contributed by atoms with Crippen LogP contribution in [0, 0.1) is 0 Å². The zero-order chi connectivity index (χ0) is 22.1. The minimum Gasteiger partial charge on any atom is -0.335 e. The van der Waals surface area contributed by atoms with E-state index in [-0.39, 0.29) is 12.1 Å². The highest BCUT2D eigenvalue weighted by Gasteiger charge is 2.24. The average molecular weight is 477 g/mol. The van der Waals surface area contributed by atoms with Crippen LogP contribution in [-0.4, -0.2) is 41.1 Å². The van der Waals surface area contributed by atoms with E-state index in [1.165, 1.54) is 16.7 Å². The molecule has 3 rings (SSSR count). The second-order valence-corrected chi connectivity index (χ2v) is 8.85. The summed E-state index contributed by atoms with van der Waals surface area (Å²) in [5.74, 6) is 0. The predicted octanol–water partition coefficient (Wildman–Crippen LogP) is 5.45. The molecule has 0 saturated carbocycles. The van der Waals surface area contributed by atoms with Gasteiger partial charge in [-0.15, -0.1) is 0 Å². The molecule has 0 atom stereocenters. The maximum Gasteiger partial charge on any atom is 0.317 e. The lowest BCUT2D eigenvalue weighted by atomic mass is 9.96. The third-order valence-corrected chi connectivity index (χ3v) is 6.36. The van der Waals surface area contributed by atoms with Crippen molar-refractivity contribution in [2.75, 3.05) is 13.1 Å². The largest absolute Gasteiger partial charge is 0.335 e. The maximum absolute atomic E-state index is 12.4. The smallest absolute Gasteiger partial charge is 0.317 e. The normalized spacial score (nSPS) is 15.4. The van der Waals surface area contributed by atoms with Crippen molar-refractivity contribution in [2.24, 2.45) is 5.73 Å². The van der Waals surface area contributed by atoms with Crippen LogP contribution in [0.5, 0.6) is 0 Å². The molecule has 1 aliphatic heterocycles. The number of nitrogens with two attached hydrogens (primary N) is 1. The molecule has 0 spiro atoms. The molecule has 5 nitrogen and oxygen atoms in total. The molecule has 2 heterocycles. The molecule has 0 radical (unpaired) electrons. The first-order valence-corrected chi connectivity index (χ1v) is 12.1. The first-order valence-electron chi connectivity index (χ1n) is 11.3. The van der Waals surface area contributed by atoms with Crippen molar-refractivity contribution in [3.63, 3.8) is 0 Å². The number of halogens is 1. The topological polar surface area (TPSA) is 71.2 Å². The predicted molar refractivity (Wildman–Crippen MR) is 129 cm³/mol. The third kappa shape index (κ3) is 6.67. The molecule has 0 unspecified atom stereocenters. The van der Waals surface area contributed by atoms with Crippen molar-refractivity contribution >= 4 is 27.5 Å². The van der Waals surface area contributed by atoms with Crippen LogP contribution in [0.2, 0.25) is 0 Å². The maximum atomic E-state index is 12.4. The molecule has 0 aromatic carbocycles. The molecular weight excluding hydrogens is 440 g/mol. The van der Waals surface area contributed by atoms with Crippen LogP contribution in [-0.2, 0) is 6.42 Å². The number of carbonyl (C=O) groups excluding carboxylic acids is 1. The van der Waals surface area contributed by atoms with E-state index in [2.05, 4.69) is 72.1 Å². The number of urea groups is 1. The first kappa shape index (κ1) is 24.6. The van der Waals surface area contributed by atoms with E-state index in [0.29, 0.717) is 12.6 Å². The van der Waals surface area contributed by atoms with E-state index in [4.69, 9.17) is 5.73 Å². The summed E-state index contributed by atoms with van der Waals surface area (Å²) in [6, 6.07) is 2.92. The van der Waals surface area contributed by atoms with Crippen LogP contribution in [0.15, 0.2) is 34.5 Å². The van der Waals surface area contributed by atoms with E-state index in [1.54, 1.807) is 0 Å². The Labute approximate surface area is 190 Å². The monoisotopic (exact) mass is 476 g/mol. The molecule has 2 aliphatic rings. The summed E-state index contributed by atoms with van der Waals surface area (Å²) in [5, 5.41) is 3.12. The Morgan fingerprint density at radius 2 is 1.90 bits per heavy atom. The molecule has 0 fully saturated rings. The van der Waals surface area contributed by atoms with Gasteiger partial charge in [-0.05, 0) is 65.2 Å². The molecule has 1 aliphatic carbocycles. The Balaban J connectivity index is 0.000000469. The van der Waals surface area contributed by atoms with Gasteiger partial charge in [0.2, 0.25) is 0 Å². The lowest BCUT2D eigenvalue weighted by Gasteiger charge is -2.29. The summed E-state index contributed by atoms with van der Waals surface area (Å²) < 4.78 is 1.01. The quantitative estimate of drug-likeness (QED) is 0.573. The molecule has 6 heteroatoms. The van der Waals surface area contributed by atoms with Crippen LogP contribution >= 0.6 is 15.9 Å². The molecule has 0 saturated heterocycles. The Kier molecular flexibility index (Phi) is 10.1. The van der Waals surface area contributed by atoms with Crippen molar-refractivity contribution in [1.82, 2.24) is 15.2 Å². The highest BCUT2D eigenvalue weighted by atomic mass is 79.9. The molecule has 30 heavy (non-hydrogen) atoms. The number of hydrogen-bond acceptors (Lipinski definition) is 3. The third-order valence-electron chi connectivity index (χ3n) is 5.93. The van der Waals surface area contributed by atoms with Gasteiger partial charge >= 0.3 is 6.03 Å². The van der Waals surface area contributed by atoms with Gasteiger partial charge in [0.25, 0.3) is 0 Å². The van der Waals surface area contributed by atoms with Crippen LogP contribution in [0.1, 0.15) is 71.1 Å². The Hall–Kier alpha value is -1.66. The summed E-state index contributed by atoms with van der Waals surface area (Å²) in [7, 11) is 0. The number of rotatable bonds is 6. The van der Waals surface area contributed by atoms with Crippen molar-refractivity contribution in [2.45, 2.75) is 78.3 Å². The van der Waals surface area contributed by atoms with Crippen molar-refractivity contribution in [3.05, 3.63) is 45.7 Å². The first-order chi connectivity index (χ1) is 14.4. The van der Waals surface area contributed by atoms with Gasteiger partial charge in [0.15, 0.2) is 0 Å². The van der Waals surface area contributed by atoms with Crippen molar-refractivity contribution in [3.8, 4) is 0 Å². The number of nitrogens with zero attached hydrogens (tertiary/aromatic N) is 2. The highest BCUT2D eigenvalue weighted by molar-refractivity contribution is 9.10. The van der Waals surface area contributed by atoms with Gasteiger partial charge in [0.05, 0.1) is 5.69 Å². The van der Waals surface area contributed by atoms with E-state index >= 15 is 0 Å². The van der Waals surface area contributed by atoms with Gasteiger partial charge in [0, 0.05) is 47.8 Å². The number of aromatic nitrogens is 1. The molecule has 1 aromatic heterocycles. The SMILES string of the molecule is CCC(CC)NC(=O)N1CC=C(C2=CCc3ncc(Br)cc32)CC1.CCC(N)CC. The van der Waals surface area contributed by atoms with Crippen LogP contribution in [0.25, 0.3) is 5.57 Å². The Morgan fingerprint density at radius 1 is 1.20 bits per heavy atom. The van der Waals surface area contributed by atoms with E-state index < -0.39 is 0 Å². The zero-order valence-electron chi connectivity index (χ0n) is 18.9. The molecule has 1 aromatic rings. The lowest BCUT2D eigenvalue weighted by Crippen LogP contribution is -2.46. The molecule has 3 N–H and O–H groups in total. The van der Waals surface area contributed by atoms with Gasteiger partial charge in [-0.3, -0.25) is 4.98 Å². The average Bonchev–Trinajstić information content (AvgIpc) is 3.20. The summed E-state index contributed by atoms with van der Waals surface area (Å²) in [4.78, 5) is 18.8. The van der Waals surface area contributed by atoms with Crippen molar-refractivity contribution in [1.29, 1.82) is 0 Å². The van der Waals surface area contributed by atoms with Crippen LogP contribution in [0.3, 0.4) is 0 Å². The molecule has 2 amide bonds. The summed E-state index contributed by atoms with van der Waals surface area (Å²) >= 11 is 3.51. The fourth-order valence-corrected chi connectivity index (χ4v) is 3.95. The van der Waals surface area contributed by atoms with Crippen molar-refractivity contribution < 1.29 is 4.79 Å². The summed E-state index contributed by atoms with van der Waals surface area (Å²) in [5.41, 5.74) is 10.5. The number of allylic oxidation sites excluding steroid dienone is 2. The van der Waals surface area contributed by atoms with E-state index in [9.17, 15) is 4.79 Å². The number of pyridine rings is 1. The summed E-state index contributed by atoms with van der Waals surface area (Å²) in [6.07, 6.45) is 12.3. The van der Waals surface area contributed by atoms with Crippen LogP contribution < -0.4 is 11.1 Å². The van der Waals surface area contributed by atoms with Gasteiger partial charge in [-0.1, -0.05) is 39.8 Å². The Morgan fingerprint density at radius 3 is 2.43 bits per heavy atom. The molecule has 0 bridgehead atoms. The number of amides is 2. The van der Waals surface area contributed by atoms with E-state index in [1.807, 2.05) is 11.1 Å². The fraction of sp³-hybridized carbons (Fsp3) is 0.583. The number of hydrogen-bond donors (Lipinski definition) is 2. The van der Waals surface area contributed by atoms with Gasteiger partial charge < -0.3 is 16.0 Å². The highest BCUT2D eigenvalue weighted by Crippen LogP contribution is 2.35. The second kappa shape index (κ2) is 12.3.